The maximum atomic E-state index is 13.4. The topological polar surface area (TPSA) is 95.1 Å². The van der Waals surface area contributed by atoms with Gasteiger partial charge >= 0.3 is 0 Å². The van der Waals surface area contributed by atoms with E-state index in [4.69, 9.17) is 0 Å². The molecule has 0 saturated carbocycles. The van der Waals surface area contributed by atoms with Crippen LogP contribution in [0, 0.1) is 11.3 Å². The van der Waals surface area contributed by atoms with E-state index >= 15 is 0 Å². The molecule has 0 aliphatic heterocycles. The summed E-state index contributed by atoms with van der Waals surface area (Å²) in [6, 6.07) is 30.7. The van der Waals surface area contributed by atoms with Crippen LogP contribution in [0.25, 0.3) is 28.1 Å². The summed E-state index contributed by atoms with van der Waals surface area (Å²) in [6.07, 6.45) is 1.67. The second-order valence-electron chi connectivity index (χ2n) is 7.95. The Labute approximate surface area is 209 Å². The Bertz CT molecular complexity index is 1810. The highest BCUT2D eigenvalue weighted by molar-refractivity contribution is 7.07. The van der Waals surface area contributed by atoms with E-state index in [2.05, 4.69) is 5.32 Å². The van der Waals surface area contributed by atoms with Crippen LogP contribution in [0.3, 0.4) is 0 Å². The second-order valence-corrected chi connectivity index (χ2v) is 8.92. The molecule has 7 heteroatoms. The number of carbonyl (C=O) groups is 1. The number of anilines is 1. The van der Waals surface area contributed by atoms with E-state index in [-0.39, 0.29) is 20.7 Å². The summed E-state index contributed by atoms with van der Waals surface area (Å²) in [5.74, 6) is -0.488. The summed E-state index contributed by atoms with van der Waals surface area (Å²) in [7, 11) is 0. The van der Waals surface area contributed by atoms with E-state index in [1.807, 2.05) is 60.7 Å². The van der Waals surface area contributed by atoms with Gasteiger partial charge in [0.1, 0.15) is 21.8 Å². The smallest absolute Gasteiger partial charge is 0.269 e. The van der Waals surface area contributed by atoms with Gasteiger partial charge in [-0.25, -0.2) is 0 Å². The van der Waals surface area contributed by atoms with Crippen LogP contribution in [0.4, 0.5) is 5.69 Å². The monoisotopic (exact) mass is 489 g/mol. The van der Waals surface area contributed by atoms with Crippen LogP contribution in [0.2, 0.25) is 0 Å². The molecule has 36 heavy (non-hydrogen) atoms. The number of nitrogens with one attached hydrogen (secondary N) is 1. The lowest BCUT2D eigenvalue weighted by Crippen LogP contribution is -2.33. The zero-order chi connectivity index (χ0) is 25.1. The summed E-state index contributed by atoms with van der Waals surface area (Å²) in [5.41, 5.74) is 1.74. The summed E-state index contributed by atoms with van der Waals surface area (Å²) in [6.45, 7) is 0. The van der Waals surface area contributed by atoms with E-state index in [1.54, 1.807) is 41.0 Å². The minimum absolute atomic E-state index is 0.113. The third kappa shape index (κ3) is 4.41. The number of hydrogen-bond acceptors (Lipinski definition) is 5. The third-order valence-electron chi connectivity index (χ3n) is 5.64. The summed E-state index contributed by atoms with van der Waals surface area (Å²) >= 11 is 0.840. The van der Waals surface area contributed by atoms with Crippen molar-refractivity contribution in [2.75, 3.05) is 5.32 Å². The Morgan fingerprint density at radius 2 is 1.61 bits per heavy atom. The van der Waals surface area contributed by atoms with Crippen molar-refractivity contribution in [3.05, 3.63) is 122 Å². The van der Waals surface area contributed by atoms with Gasteiger partial charge in [-0.15, -0.1) is 0 Å². The first-order valence-corrected chi connectivity index (χ1v) is 11.9. The van der Waals surface area contributed by atoms with Gasteiger partial charge in [0.15, 0.2) is 5.57 Å². The van der Waals surface area contributed by atoms with Gasteiger partial charge in [-0.2, -0.15) is 5.26 Å². The predicted octanol–water partition coefficient (Wildman–Crippen LogP) is 3.90. The molecule has 174 valence electrons. The summed E-state index contributed by atoms with van der Waals surface area (Å²) in [4.78, 5) is 26.5. The van der Waals surface area contributed by atoms with Gasteiger partial charge in [-0.1, -0.05) is 78.1 Å². The molecular weight excluding hydrogens is 470 g/mol. The SMILES string of the molecule is N#C/C(C(=O)Nc1cccc2ccccc12)=c1\sc(=O)/c(=C\c2ccc(O)cc2)n1-c1ccccc1. The molecule has 1 amide bonds. The lowest BCUT2D eigenvalue weighted by Gasteiger charge is -2.09. The Balaban J connectivity index is 1.73. The van der Waals surface area contributed by atoms with Gasteiger partial charge in [0.25, 0.3) is 10.6 Å². The zero-order valence-electron chi connectivity index (χ0n) is 18.9. The normalized spacial score (nSPS) is 12.2. The molecule has 0 bridgehead atoms. The highest BCUT2D eigenvalue weighted by atomic mass is 32.1. The van der Waals surface area contributed by atoms with Gasteiger partial charge in [0.2, 0.25) is 0 Å². The lowest BCUT2D eigenvalue weighted by atomic mass is 10.1. The number of amides is 1. The van der Waals surface area contributed by atoms with Gasteiger partial charge in [0.05, 0.1) is 0 Å². The van der Waals surface area contributed by atoms with Crippen molar-refractivity contribution in [2.45, 2.75) is 0 Å². The van der Waals surface area contributed by atoms with Gasteiger partial charge < -0.3 is 10.4 Å². The molecule has 0 unspecified atom stereocenters. The molecule has 1 heterocycles. The molecule has 0 saturated heterocycles. The number of para-hydroxylation sites is 1. The number of benzene rings is 4. The molecule has 2 N–H and O–H groups in total. The molecule has 6 nitrogen and oxygen atoms in total. The molecule has 0 fully saturated rings. The van der Waals surface area contributed by atoms with E-state index in [9.17, 15) is 20.0 Å². The fraction of sp³-hybridized carbons (Fsp3) is 0. The number of fused-ring (bicyclic) bond motifs is 1. The molecule has 0 atom stereocenters. The molecule has 0 aliphatic carbocycles. The predicted molar refractivity (Wildman–Crippen MR) is 142 cm³/mol. The number of rotatable bonds is 4. The van der Waals surface area contributed by atoms with E-state index in [0.717, 1.165) is 22.1 Å². The number of thiazole rings is 1. The molecular formula is C29H19N3O3S. The minimum atomic E-state index is -0.601. The molecule has 5 aromatic rings. The van der Waals surface area contributed by atoms with Crippen molar-refractivity contribution in [1.29, 1.82) is 5.26 Å². The van der Waals surface area contributed by atoms with Crippen LogP contribution < -0.4 is 20.1 Å². The van der Waals surface area contributed by atoms with Gasteiger partial charge in [-0.05, 0) is 47.4 Å². The van der Waals surface area contributed by atoms with Crippen molar-refractivity contribution < 1.29 is 9.90 Å². The standard InChI is InChI=1S/C29H19N3O3S/c30-18-24(27(34)31-25-12-6-8-20-7-4-5-11-23(20)25)28-32(21-9-2-1-3-10-21)26(29(35)36-28)17-19-13-15-22(33)16-14-19/h1-17,33H,(H,31,34)/b26-17+,28-24+. The van der Waals surface area contributed by atoms with Crippen molar-refractivity contribution in [1.82, 2.24) is 4.57 Å². The van der Waals surface area contributed by atoms with Crippen LogP contribution in [0.1, 0.15) is 5.56 Å². The van der Waals surface area contributed by atoms with Crippen molar-refractivity contribution >= 4 is 45.4 Å². The maximum Gasteiger partial charge on any atom is 0.269 e. The van der Waals surface area contributed by atoms with E-state index in [1.165, 1.54) is 12.1 Å². The highest BCUT2D eigenvalue weighted by Gasteiger charge is 2.18. The molecule has 1 aromatic heterocycles. The van der Waals surface area contributed by atoms with Crippen molar-refractivity contribution in [3.63, 3.8) is 0 Å². The van der Waals surface area contributed by atoms with Crippen LogP contribution in [-0.2, 0) is 4.79 Å². The quantitative estimate of drug-likeness (QED) is 0.400. The fourth-order valence-corrected chi connectivity index (χ4v) is 4.92. The largest absolute Gasteiger partial charge is 0.508 e. The van der Waals surface area contributed by atoms with E-state index in [0.29, 0.717) is 22.3 Å². The number of hydrogen-bond donors (Lipinski definition) is 2. The van der Waals surface area contributed by atoms with Gasteiger partial charge in [0, 0.05) is 16.8 Å². The van der Waals surface area contributed by atoms with Crippen LogP contribution in [0.15, 0.2) is 102 Å². The van der Waals surface area contributed by atoms with Crippen LogP contribution in [-0.4, -0.2) is 15.6 Å². The average Bonchev–Trinajstić information content (AvgIpc) is 3.21. The Hall–Kier alpha value is -4.93. The van der Waals surface area contributed by atoms with Crippen molar-refractivity contribution in [3.8, 4) is 17.5 Å². The highest BCUT2D eigenvalue weighted by Crippen LogP contribution is 2.23. The van der Waals surface area contributed by atoms with Crippen molar-refractivity contribution in [2.24, 2.45) is 0 Å². The Morgan fingerprint density at radius 1 is 0.917 bits per heavy atom. The molecule has 0 aliphatic rings. The first-order chi connectivity index (χ1) is 17.5. The fourth-order valence-electron chi connectivity index (χ4n) is 3.95. The molecule has 5 rings (SSSR count). The number of nitrogens with zero attached hydrogens (tertiary/aromatic N) is 2. The third-order valence-corrected chi connectivity index (χ3v) is 6.62. The minimum Gasteiger partial charge on any atom is -0.508 e. The molecule has 4 aromatic carbocycles. The number of aromatic hydroxyl groups is 1. The maximum absolute atomic E-state index is 13.4. The first kappa shape index (κ1) is 22.8. The number of aromatic nitrogens is 1. The number of phenolic OH excluding ortho intramolecular Hbond substituents is 1. The van der Waals surface area contributed by atoms with E-state index < -0.39 is 5.91 Å². The Morgan fingerprint density at radius 3 is 2.36 bits per heavy atom. The van der Waals surface area contributed by atoms with Crippen LogP contribution >= 0.6 is 11.3 Å². The first-order valence-electron chi connectivity index (χ1n) is 11.1. The summed E-state index contributed by atoms with van der Waals surface area (Å²) < 4.78 is 1.56. The zero-order valence-corrected chi connectivity index (χ0v) is 19.7. The number of nitriles is 1. The summed E-state index contributed by atoms with van der Waals surface area (Å²) in [5, 5.41) is 24.6. The second kappa shape index (κ2) is 9.74. The number of carbonyl (C=O) groups excluding carboxylic acids is 1. The lowest BCUT2D eigenvalue weighted by molar-refractivity contribution is -0.111. The van der Waals surface area contributed by atoms with Crippen LogP contribution in [0.5, 0.6) is 5.75 Å². The average molecular weight is 490 g/mol. The molecule has 0 spiro atoms. The Kier molecular flexibility index (Phi) is 6.18. The molecule has 0 radical (unpaired) electrons. The number of phenols is 1. The van der Waals surface area contributed by atoms with Gasteiger partial charge in [-0.3, -0.25) is 14.2 Å².